The maximum absolute atomic E-state index is 10.6. The number of carboxylic acids is 1. The Morgan fingerprint density at radius 2 is 2.38 bits per heavy atom. The number of likely N-dealkylation sites (tertiary alicyclic amines) is 1. The molecule has 1 aromatic heterocycles. The molecule has 1 saturated heterocycles. The molecule has 1 N–H and O–H groups in total. The number of aromatic nitrogens is 2. The number of carboxylic acid groups (broad SMARTS) is 1. The lowest BCUT2D eigenvalue weighted by Crippen LogP contribution is -2.30. The third-order valence-corrected chi connectivity index (χ3v) is 2.88. The summed E-state index contributed by atoms with van der Waals surface area (Å²) in [5.74, 6) is -1.01. The van der Waals surface area contributed by atoms with Crippen molar-refractivity contribution < 1.29 is 14.4 Å². The molecule has 0 amide bonds. The lowest BCUT2D eigenvalue weighted by molar-refractivity contribution is 0.0643. The summed E-state index contributed by atoms with van der Waals surface area (Å²) in [6, 6.07) is 0.496. The van der Waals surface area contributed by atoms with Crippen molar-refractivity contribution in [3.05, 3.63) is 11.7 Å². The second kappa shape index (κ2) is 4.21. The molecule has 16 heavy (non-hydrogen) atoms. The van der Waals surface area contributed by atoms with Crippen molar-refractivity contribution in [1.29, 1.82) is 0 Å². The van der Waals surface area contributed by atoms with Gasteiger partial charge >= 0.3 is 11.9 Å². The van der Waals surface area contributed by atoms with Crippen molar-refractivity contribution in [2.75, 3.05) is 6.54 Å². The van der Waals surface area contributed by atoms with E-state index in [1.807, 2.05) is 0 Å². The van der Waals surface area contributed by atoms with E-state index in [1.54, 1.807) is 0 Å². The molecule has 1 aliphatic rings. The van der Waals surface area contributed by atoms with Crippen molar-refractivity contribution in [2.24, 2.45) is 0 Å². The van der Waals surface area contributed by atoms with Crippen LogP contribution >= 0.6 is 0 Å². The van der Waals surface area contributed by atoms with Crippen LogP contribution < -0.4 is 0 Å². The molecule has 1 atom stereocenters. The second-order valence-corrected chi connectivity index (χ2v) is 4.25. The van der Waals surface area contributed by atoms with Gasteiger partial charge in [-0.15, -0.1) is 0 Å². The van der Waals surface area contributed by atoms with Gasteiger partial charge < -0.3 is 9.63 Å². The van der Waals surface area contributed by atoms with Crippen LogP contribution in [0.4, 0.5) is 0 Å². The van der Waals surface area contributed by atoms with E-state index in [0.29, 0.717) is 11.9 Å². The minimum absolute atomic E-state index is 0.0943. The third kappa shape index (κ3) is 1.92. The zero-order valence-electron chi connectivity index (χ0n) is 9.38. The van der Waals surface area contributed by atoms with Gasteiger partial charge in [0.1, 0.15) is 0 Å². The summed E-state index contributed by atoms with van der Waals surface area (Å²) in [6.45, 7) is 5.21. The normalized spacial score (nSPS) is 21.8. The molecule has 1 fully saturated rings. The minimum Gasteiger partial charge on any atom is -0.474 e. The molecule has 1 aromatic rings. The predicted molar refractivity (Wildman–Crippen MR) is 55.1 cm³/mol. The fourth-order valence-corrected chi connectivity index (χ4v) is 2.14. The van der Waals surface area contributed by atoms with E-state index in [2.05, 4.69) is 33.4 Å². The van der Waals surface area contributed by atoms with Gasteiger partial charge in [0.05, 0.1) is 6.04 Å². The second-order valence-electron chi connectivity index (χ2n) is 4.25. The first-order valence-corrected chi connectivity index (χ1v) is 5.42. The van der Waals surface area contributed by atoms with Crippen LogP contribution in [-0.4, -0.2) is 38.7 Å². The van der Waals surface area contributed by atoms with Crippen molar-refractivity contribution in [2.45, 2.75) is 38.8 Å². The molecule has 0 spiro atoms. The van der Waals surface area contributed by atoms with Crippen molar-refractivity contribution >= 4 is 5.97 Å². The quantitative estimate of drug-likeness (QED) is 0.835. The molecule has 88 valence electrons. The minimum atomic E-state index is -1.17. The molecule has 6 nitrogen and oxygen atoms in total. The van der Waals surface area contributed by atoms with Crippen molar-refractivity contribution in [3.8, 4) is 0 Å². The van der Waals surface area contributed by atoms with E-state index < -0.39 is 5.97 Å². The molecule has 0 radical (unpaired) electrons. The Balaban J connectivity index is 2.19. The van der Waals surface area contributed by atoms with E-state index in [1.165, 1.54) is 0 Å². The van der Waals surface area contributed by atoms with E-state index in [-0.39, 0.29) is 11.9 Å². The van der Waals surface area contributed by atoms with Gasteiger partial charge in [0.25, 0.3) is 0 Å². The van der Waals surface area contributed by atoms with E-state index >= 15 is 0 Å². The first-order chi connectivity index (χ1) is 7.59. The van der Waals surface area contributed by atoms with Crippen molar-refractivity contribution in [1.82, 2.24) is 15.0 Å². The van der Waals surface area contributed by atoms with Crippen LogP contribution in [-0.2, 0) is 0 Å². The third-order valence-electron chi connectivity index (χ3n) is 2.88. The van der Waals surface area contributed by atoms with Crippen LogP contribution in [0.2, 0.25) is 0 Å². The summed E-state index contributed by atoms with van der Waals surface area (Å²) in [7, 11) is 0. The van der Waals surface area contributed by atoms with E-state index in [0.717, 1.165) is 19.4 Å². The number of nitrogens with zero attached hydrogens (tertiary/aromatic N) is 3. The predicted octanol–water partition coefficient (Wildman–Crippen LogP) is 1.31. The fourth-order valence-electron chi connectivity index (χ4n) is 2.14. The topological polar surface area (TPSA) is 79.5 Å². The monoisotopic (exact) mass is 225 g/mol. The van der Waals surface area contributed by atoms with Gasteiger partial charge in [-0.25, -0.2) is 4.79 Å². The SMILES string of the molecule is CC(C)N1CCCC1c1noc(C(=O)O)n1. The number of rotatable bonds is 3. The number of aromatic carboxylic acids is 1. The highest BCUT2D eigenvalue weighted by molar-refractivity contribution is 5.81. The van der Waals surface area contributed by atoms with Gasteiger partial charge in [0, 0.05) is 6.04 Å². The smallest absolute Gasteiger partial charge is 0.394 e. The molecule has 1 unspecified atom stereocenters. The van der Waals surface area contributed by atoms with Gasteiger partial charge in [-0.3, -0.25) is 4.90 Å². The Hall–Kier alpha value is -1.43. The summed E-state index contributed by atoms with van der Waals surface area (Å²) in [5.41, 5.74) is 0. The van der Waals surface area contributed by atoms with Crippen LogP contribution in [0.1, 0.15) is 49.2 Å². The highest BCUT2D eigenvalue weighted by atomic mass is 16.5. The van der Waals surface area contributed by atoms with E-state index in [9.17, 15) is 4.79 Å². The van der Waals surface area contributed by atoms with Gasteiger partial charge in [0.15, 0.2) is 5.82 Å². The average molecular weight is 225 g/mol. The van der Waals surface area contributed by atoms with Gasteiger partial charge in [-0.1, -0.05) is 5.16 Å². The molecule has 1 aliphatic heterocycles. The summed E-state index contributed by atoms with van der Waals surface area (Å²) in [4.78, 5) is 16.8. The maximum Gasteiger partial charge on any atom is 0.394 e. The summed E-state index contributed by atoms with van der Waals surface area (Å²) < 4.78 is 4.68. The molecule has 2 rings (SSSR count). The lowest BCUT2D eigenvalue weighted by Gasteiger charge is -2.25. The molecule has 6 heteroatoms. The van der Waals surface area contributed by atoms with Crippen LogP contribution in [0, 0.1) is 0 Å². The Kier molecular flexibility index (Phi) is 2.91. The summed E-state index contributed by atoms with van der Waals surface area (Å²) in [6.07, 6.45) is 2.04. The van der Waals surface area contributed by atoms with Crippen LogP contribution in [0.3, 0.4) is 0 Å². The molecule has 0 saturated carbocycles. The highest BCUT2D eigenvalue weighted by Gasteiger charge is 2.32. The fraction of sp³-hybridized carbons (Fsp3) is 0.700. The zero-order chi connectivity index (χ0) is 11.7. The van der Waals surface area contributed by atoms with Gasteiger partial charge in [-0.2, -0.15) is 4.98 Å². The van der Waals surface area contributed by atoms with Crippen molar-refractivity contribution in [3.63, 3.8) is 0 Å². The Morgan fingerprint density at radius 3 is 2.94 bits per heavy atom. The lowest BCUT2D eigenvalue weighted by atomic mass is 10.2. The van der Waals surface area contributed by atoms with Crippen LogP contribution in [0.25, 0.3) is 0 Å². The van der Waals surface area contributed by atoms with Crippen LogP contribution in [0.5, 0.6) is 0 Å². The van der Waals surface area contributed by atoms with E-state index in [4.69, 9.17) is 5.11 Å². The van der Waals surface area contributed by atoms with Crippen LogP contribution in [0.15, 0.2) is 4.52 Å². The molecular weight excluding hydrogens is 210 g/mol. The first-order valence-electron chi connectivity index (χ1n) is 5.42. The number of hydrogen-bond acceptors (Lipinski definition) is 5. The highest BCUT2D eigenvalue weighted by Crippen LogP contribution is 2.31. The number of hydrogen-bond donors (Lipinski definition) is 1. The summed E-state index contributed by atoms with van der Waals surface area (Å²) >= 11 is 0. The Labute approximate surface area is 93.2 Å². The molecule has 0 bridgehead atoms. The number of carbonyl (C=O) groups is 1. The maximum atomic E-state index is 10.6. The zero-order valence-corrected chi connectivity index (χ0v) is 9.38. The Bertz CT molecular complexity index is 388. The molecule has 0 aromatic carbocycles. The van der Waals surface area contributed by atoms with Gasteiger partial charge in [0.2, 0.25) is 0 Å². The molecular formula is C10H15N3O3. The molecule has 2 heterocycles. The largest absolute Gasteiger partial charge is 0.474 e. The first kappa shape index (κ1) is 11.1. The Morgan fingerprint density at radius 1 is 1.62 bits per heavy atom. The standard InChI is InChI=1S/C10H15N3O3/c1-6(2)13-5-3-4-7(13)8-11-9(10(14)15)16-12-8/h6-7H,3-5H2,1-2H3,(H,14,15). The van der Waals surface area contributed by atoms with Gasteiger partial charge in [-0.05, 0) is 33.2 Å². The summed E-state index contributed by atoms with van der Waals surface area (Å²) in [5, 5.41) is 12.4. The average Bonchev–Trinajstić information content (AvgIpc) is 2.86. The molecule has 0 aliphatic carbocycles.